The van der Waals surface area contributed by atoms with Crippen molar-refractivity contribution >= 4 is 23.0 Å². The minimum absolute atomic E-state index is 0.209. The van der Waals surface area contributed by atoms with E-state index in [0.29, 0.717) is 22.4 Å². The summed E-state index contributed by atoms with van der Waals surface area (Å²) in [5.41, 5.74) is 0.229. The number of alkyl halides is 3. The van der Waals surface area contributed by atoms with Gasteiger partial charge in [-0.2, -0.15) is 13.2 Å². The summed E-state index contributed by atoms with van der Waals surface area (Å²) in [6.07, 6.45) is 0.0560. The van der Waals surface area contributed by atoms with E-state index in [4.69, 9.17) is 12.2 Å². The topological polar surface area (TPSA) is 27.3 Å². The largest absolute Gasteiger partial charge is 0.416 e. The Morgan fingerprint density at radius 1 is 1.17 bits per heavy atom. The predicted octanol–water partition coefficient (Wildman–Crippen LogP) is 4.17. The molecule has 0 aliphatic heterocycles. The Bertz CT molecular complexity index is 587. The molecule has 1 unspecified atom stereocenters. The molecule has 0 saturated heterocycles. The molecule has 0 heterocycles. The highest BCUT2D eigenvalue weighted by molar-refractivity contribution is 7.80. The first-order valence-corrected chi connectivity index (χ1v) is 8.50. The molecule has 0 bridgehead atoms. The molecule has 2 N–H and O–H groups in total. The first kappa shape index (κ1) is 19.0. The summed E-state index contributed by atoms with van der Waals surface area (Å²) in [4.78, 5) is 2.17. The average molecular weight is 359 g/mol. The second-order valence-electron chi connectivity index (χ2n) is 6.61. The van der Waals surface area contributed by atoms with Gasteiger partial charge in [0.05, 0.1) is 5.56 Å². The Hall–Kier alpha value is -1.34. The molecule has 1 aliphatic rings. The Morgan fingerprint density at radius 2 is 1.83 bits per heavy atom. The molecule has 0 amide bonds. The van der Waals surface area contributed by atoms with Crippen LogP contribution >= 0.6 is 12.2 Å². The Labute approximate surface area is 146 Å². The highest BCUT2D eigenvalue weighted by Crippen LogP contribution is 2.32. The van der Waals surface area contributed by atoms with Gasteiger partial charge < -0.3 is 15.5 Å². The third kappa shape index (κ3) is 5.08. The van der Waals surface area contributed by atoms with E-state index in [2.05, 4.69) is 15.5 Å². The molecule has 1 fully saturated rings. The fourth-order valence-electron chi connectivity index (χ4n) is 3.25. The zero-order chi connectivity index (χ0) is 17.9. The average Bonchev–Trinajstić information content (AvgIpc) is 2.45. The van der Waals surface area contributed by atoms with E-state index in [1.165, 1.54) is 6.42 Å². The number of nitrogens with one attached hydrogen (secondary N) is 2. The number of aryl methyl sites for hydroxylation is 1. The third-order valence-corrected chi connectivity index (χ3v) is 4.59. The van der Waals surface area contributed by atoms with Crippen molar-refractivity contribution in [2.75, 3.05) is 19.4 Å². The first-order valence-electron chi connectivity index (χ1n) is 8.09. The van der Waals surface area contributed by atoms with Gasteiger partial charge in [-0.1, -0.05) is 12.8 Å². The van der Waals surface area contributed by atoms with Gasteiger partial charge in [-0.25, -0.2) is 0 Å². The van der Waals surface area contributed by atoms with Crippen LogP contribution in [0.5, 0.6) is 0 Å². The SMILES string of the molecule is Cc1cc(NC(=S)NC2CCCC[C@H]2N(C)C)cc(C(F)(F)F)c1. The lowest BCUT2D eigenvalue weighted by Gasteiger charge is -2.37. The normalized spacial score (nSPS) is 21.6. The van der Waals surface area contributed by atoms with Gasteiger partial charge in [-0.3, -0.25) is 0 Å². The van der Waals surface area contributed by atoms with Crippen molar-refractivity contribution < 1.29 is 13.2 Å². The first-order chi connectivity index (χ1) is 11.2. The number of hydrogen-bond acceptors (Lipinski definition) is 2. The van der Waals surface area contributed by atoms with Crippen molar-refractivity contribution in [1.29, 1.82) is 0 Å². The summed E-state index contributed by atoms with van der Waals surface area (Å²) in [5, 5.41) is 6.55. The Kier molecular flexibility index (Phi) is 6.09. The van der Waals surface area contributed by atoms with Crippen LogP contribution in [0.4, 0.5) is 18.9 Å². The van der Waals surface area contributed by atoms with E-state index >= 15 is 0 Å². The van der Waals surface area contributed by atoms with Crippen molar-refractivity contribution in [3.63, 3.8) is 0 Å². The molecule has 134 valence electrons. The molecule has 2 rings (SSSR count). The van der Waals surface area contributed by atoms with Crippen LogP contribution in [0.3, 0.4) is 0 Å². The quantitative estimate of drug-likeness (QED) is 0.792. The van der Waals surface area contributed by atoms with Crippen LogP contribution in [-0.4, -0.2) is 36.2 Å². The third-order valence-electron chi connectivity index (χ3n) is 4.37. The van der Waals surface area contributed by atoms with Crippen LogP contribution in [0, 0.1) is 6.92 Å². The predicted molar refractivity (Wildman–Crippen MR) is 95.3 cm³/mol. The van der Waals surface area contributed by atoms with E-state index in [1.807, 2.05) is 14.1 Å². The Balaban J connectivity index is 2.05. The maximum atomic E-state index is 12.9. The zero-order valence-corrected chi connectivity index (χ0v) is 15.0. The van der Waals surface area contributed by atoms with Crippen LogP contribution in [-0.2, 0) is 6.18 Å². The van der Waals surface area contributed by atoms with E-state index in [1.54, 1.807) is 13.0 Å². The van der Waals surface area contributed by atoms with Crippen LogP contribution in [0.1, 0.15) is 36.8 Å². The molecule has 1 aliphatic carbocycles. The summed E-state index contributed by atoms with van der Waals surface area (Å²) in [6.45, 7) is 1.64. The number of hydrogen-bond donors (Lipinski definition) is 2. The van der Waals surface area contributed by atoms with Gasteiger partial charge in [0.2, 0.25) is 0 Å². The number of thiocarbonyl (C=S) groups is 1. The molecule has 3 nitrogen and oxygen atoms in total. The maximum Gasteiger partial charge on any atom is 0.416 e. The van der Waals surface area contributed by atoms with E-state index in [9.17, 15) is 13.2 Å². The fourth-order valence-corrected chi connectivity index (χ4v) is 3.52. The number of likely N-dealkylation sites (N-methyl/N-ethyl adjacent to an activating group) is 1. The summed E-state index contributed by atoms with van der Waals surface area (Å²) >= 11 is 5.31. The van der Waals surface area contributed by atoms with Gasteiger partial charge in [0.15, 0.2) is 5.11 Å². The summed E-state index contributed by atoms with van der Waals surface area (Å²) in [7, 11) is 4.08. The molecule has 2 atom stereocenters. The van der Waals surface area contributed by atoms with Crippen molar-refractivity contribution in [3.8, 4) is 0 Å². The van der Waals surface area contributed by atoms with E-state index in [-0.39, 0.29) is 6.04 Å². The molecule has 0 aromatic heterocycles. The van der Waals surface area contributed by atoms with E-state index < -0.39 is 11.7 Å². The number of benzene rings is 1. The monoisotopic (exact) mass is 359 g/mol. The van der Waals surface area contributed by atoms with Crippen LogP contribution < -0.4 is 10.6 Å². The van der Waals surface area contributed by atoms with Crippen LogP contribution in [0.15, 0.2) is 18.2 Å². The number of rotatable bonds is 3. The lowest BCUT2D eigenvalue weighted by molar-refractivity contribution is -0.137. The fraction of sp³-hybridized carbons (Fsp3) is 0.588. The van der Waals surface area contributed by atoms with Gasteiger partial charge in [-0.15, -0.1) is 0 Å². The van der Waals surface area contributed by atoms with Crippen molar-refractivity contribution in [3.05, 3.63) is 29.3 Å². The minimum Gasteiger partial charge on any atom is -0.358 e. The molecule has 1 aromatic carbocycles. The van der Waals surface area contributed by atoms with Crippen molar-refractivity contribution in [2.24, 2.45) is 0 Å². The summed E-state index contributed by atoms with van der Waals surface area (Å²) < 4.78 is 38.7. The van der Waals surface area contributed by atoms with Crippen molar-refractivity contribution in [2.45, 2.75) is 50.9 Å². The van der Waals surface area contributed by atoms with Crippen LogP contribution in [0.25, 0.3) is 0 Å². The molecule has 1 aromatic rings. The van der Waals surface area contributed by atoms with Gasteiger partial charge in [0.1, 0.15) is 0 Å². The molecular weight excluding hydrogens is 335 g/mol. The Morgan fingerprint density at radius 3 is 2.46 bits per heavy atom. The molecule has 1 saturated carbocycles. The molecule has 7 heteroatoms. The lowest BCUT2D eigenvalue weighted by atomic mass is 9.90. The summed E-state index contributed by atoms with van der Waals surface area (Å²) in [6, 6.07) is 4.46. The molecule has 24 heavy (non-hydrogen) atoms. The van der Waals surface area contributed by atoms with Crippen LogP contribution in [0.2, 0.25) is 0 Å². The number of nitrogens with zero attached hydrogens (tertiary/aromatic N) is 1. The maximum absolute atomic E-state index is 12.9. The second-order valence-corrected chi connectivity index (χ2v) is 7.01. The minimum atomic E-state index is -4.36. The van der Waals surface area contributed by atoms with Crippen molar-refractivity contribution in [1.82, 2.24) is 10.2 Å². The standard InChI is InChI=1S/C17H24F3N3S/c1-11-8-12(17(18,19)20)10-13(9-11)21-16(24)22-14-6-4-5-7-15(14)23(2)3/h8-10,14-15H,4-7H2,1-3H3,(H2,21,22,24)/t14?,15-/m1/s1. The lowest BCUT2D eigenvalue weighted by Crippen LogP contribution is -2.52. The highest BCUT2D eigenvalue weighted by atomic mass is 32.1. The van der Waals surface area contributed by atoms with E-state index in [0.717, 1.165) is 31.4 Å². The molecular formula is C17H24F3N3S. The van der Waals surface area contributed by atoms with Gasteiger partial charge in [0, 0.05) is 17.8 Å². The highest BCUT2D eigenvalue weighted by Gasteiger charge is 2.31. The van der Waals surface area contributed by atoms with Gasteiger partial charge >= 0.3 is 6.18 Å². The number of anilines is 1. The smallest absolute Gasteiger partial charge is 0.358 e. The summed E-state index contributed by atoms with van der Waals surface area (Å²) in [5.74, 6) is 0. The van der Waals surface area contributed by atoms with Gasteiger partial charge in [-0.05, 0) is 69.8 Å². The van der Waals surface area contributed by atoms with Gasteiger partial charge in [0.25, 0.3) is 0 Å². The zero-order valence-electron chi connectivity index (χ0n) is 14.2. The molecule has 0 radical (unpaired) electrons. The second kappa shape index (κ2) is 7.70. The number of halogens is 3. The molecule has 0 spiro atoms.